The first-order chi connectivity index (χ1) is 12.4. The minimum Gasteiger partial charge on any atom is -0.380 e. The molecule has 1 atom stereocenters. The van der Waals surface area contributed by atoms with Crippen molar-refractivity contribution in [1.82, 2.24) is 5.32 Å². The highest BCUT2D eigenvalue weighted by Gasteiger charge is 2.20. The fraction of sp³-hybridized carbons (Fsp3) is 0.381. The molecule has 0 aliphatic heterocycles. The molecule has 2 aromatic rings. The van der Waals surface area contributed by atoms with E-state index in [0.29, 0.717) is 19.1 Å². The molecular formula is C21H31IN4O. The molecule has 2 rings (SSSR count). The Balaban J connectivity index is 0.00000364. The molecule has 0 spiro atoms. The highest BCUT2D eigenvalue weighted by molar-refractivity contribution is 14.0. The molecule has 0 aromatic heterocycles. The van der Waals surface area contributed by atoms with Crippen LogP contribution in [0.25, 0.3) is 0 Å². The lowest BCUT2D eigenvalue weighted by Crippen LogP contribution is -2.44. The largest absolute Gasteiger partial charge is 0.380 e. The third-order valence-electron chi connectivity index (χ3n) is 4.13. The zero-order valence-corrected chi connectivity index (χ0v) is 18.9. The van der Waals surface area contributed by atoms with E-state index in [0.717, 1.165) is 11.3 Å². The van der Waals surface area contributed by atoms with E-state index in [-0.39, 0.29) is 35.6 Å². The van der Waals surface area contributed by atoms with Gasteiger partial charge in [-0.25, -0.2) is 0 Å². The van der Waals surface area contributed by atoms with E-state index in [9.17, 15) is 0 Å². The number of rotatable bonds is 8. The number of guanidine groups is 1. The van der Waals surface area contributed by atoms with Crippen LogP contribution in [0.15, 0.2) is 59.6 Å². The summed E-state index contributed by atoms with van der Waals surface area (Å²) < 4.78 is 5.22. The van der Waals surface area contributed by atoms with Crippen LogP contribution in [0, 0.1) is 0 Å². The van der Waals surface area contributed by atoms with E-state index in [4.69, 9.17) is 10.5 Å². The van der Waals surface area contributed by atoms with Gasteiger partial charge in [0, 0.05) is 29.9 Å². The smallest absolute Gasteiger partial charge is 0.193 e. The second-order valence-electron chi connectivity index (χ2n) is 7.08. The second kappa shape index (κ2) is 11.3. The van der Waals surface area contributed by atoms with Crippen molar-refractivity contribution >= 4 is 35.6 Å². The molecule has 0 heterocycles. The second-order valence-corrected chi connectivity index (χ2v) is 7.08. The summed E-state index contributed by atoms with van der Waals surface area (Å²) in [4.78, 5) is 4.52. The van der Waals surface area contributed by atoms with Crippen LogP contribution in [0.4, 0.5) is 5.69 Å². The predicted octanol–water partition coefficient (Wildman–Crippen LogP) is 4.31. The number of benzene rings is 2. The van der Waals surface area contributed by atoms with Gasteiger partial charge in [0.25, 0.3) is 0 Å². The number of hydrogen-bond donors (Lipinski definition) is 3. The number of anilines is 1. The summed E-state index contributed by atoms with van der Waals surface area (Å²) in [6.45, 7) is 7.50. The van der Waals surface area contributed by atoms with Crippen molar-refractivity contribution in [2.75, 3.05) is 19.0 Å². The number of para-hydroxylation sites is 1. The van der Waals surface area contributed by atoms with Crippen LogP contribution in [0.5, 0.6) is 0 Å². The van der Waals surface area contributed by atoms with Gasteiger partial charge in [-0.3, -0.25) is 4.99 Å². The molecule has 0 saturated carbocycles. The summed E-state index contributed by atoms with van der Waals surface area (Å²) in [5.74, 6) is 0.399. The van der Waals surface area contributed by atoms with Gasteiger partial charge in [-0.05, 0) is 32.4 Å². The number of hydrogen-bond acceptors (Lipinski definition) is 3. The van der Waals surface area contributed by atoms with Gasteiger partial charge in [0.15, 0.2) is 5.96 Å². The quantitative estimate of drug-likeness (QED) is 0.298. The van der Waals surface area contributed by atoms with Crippen LogP contribution in [0.2, 0.25) is 0 Å². The highest BCUT2D eigenvalue weighted by Crippen LogP contribution is 2.17. The van der Waals surface area contributed by atoms with Gasteiger partial charge in [0.1, 0.15) is 0 Å². The predicted molar refractivity (Wildman–Crippen MR) is 125 cm³/mol. The first kappa shape index (κ1) is 23.4. The Hall–Kier alpha value is -1.64. The number of methoxy groups -OCH3 is 1. The molecule has 148 valence electrons. The molecule has 2 aromatic carbocycles. The summed E-state index contributed by atoms with van der Waals surface area (Å²) >= 11 is 0. The number of nitrogens with two attached hydrogens (primary N) is 1. The van der Waals surface area contributed by atoms with Crippen LogP contribution >= 0.6 is 24.0 Å². The lowest BCUT2D eigenvalue weighted by Gasteiger charge is -2.29. The summed E-state index contributed by atoms with van der Waals surface area (Å²) in [7, 11) is 1.68. The van der Waals surface area contributed by atoms with Gasteiger partial charge >= 0.3 is 0 Å². The van der Waals surface area contributed by atoms with Gasteiger partial charge < -0.3 is 21.1 Å². The number of aliphatic imine (C=N–C) groups is 1. The Bertz CT molecular complexity index is 719. The zero-order chi connectivity index (χ0) is 19.0. The lowest BCUT2D eigenvalue weighted by atomic mass is 10.0. The summed E-state index contributed by atoms with van der Waals surface area (Å²) in [5, 5.41) is 6.79. The molecule has 0 fully saturated rings. The molecule has 27 heavy (non-hydrogen) atoms. The molecule has 5 nitrogen and oxygen atoms in total. The molecular weight excluding hydrogens is 451 g/mol. The molecule has 0 saturated heterocycles. The fourth-order valence-corrected chi connectivity index (χ4v) is 2.84. The van der Waals surface area contributed by atoms with Crippen LogP contribution in [-0.4, -0.2) is 25.2 Å². The monoisotopic (exact) mass is 482 g/mol. The van der Waals surface area contributed by atoms with Gasteiger partial charge in [0.05, 0.1) is 13.2 Å². The average Bonchev–Trinajstić information content (AvgIpc) is 2.62. The third kappa shape index (κ3) is 7.86. The van der Waals surface area contributed by atoms with E-state index in [1.165, 1.54) is 5.56 Å². The van der Waals surface area contributed by atoms with Crippen LogP contribution in [0.3, 0.4) is 0 Å². The van der Waals surface area contributed by atoms with E-state index < -0.39 is 0 Å². The number of halogens is 1. The van der Waals surface area contributed by atoms with Crippen molar-refractivity contribution in [2.45, 2.75) is 39.0 Å². The summed E-state index contributed by atoms with van der Waals surface area (Å²) in [5.41, 5.74) is 9.12. The minimum absolute atomic E-state index is 0. The van der Waals surface area contributed by atoms with Crippen molar-refractivity contribution < 1.29 is 4.74 Å². The van der Waals surface area contributed by atoms with E-state index in [2.05, 4.69) is 60.7 Å². The topological polar surface area (TPSA) is 71.7 Å². The maximum absolute atomic E-state index is 6.09. The number of nitrogens with zero attached hydrogens (tertiary/aromatic N) is 1. The molecule has 0 radical (unpaired) electrons. The molecule has 0 amide bonds. The Morgan fingerprint density at radius 3 is 2.41 bits per heavy atom. The van der Waals surface area contributed by atoms with Crippen molar-refractivity contribution in [3.63, 3.8) is 0 Å². The molecule has 1 unspecified atom stereocenters. The van der Waals surface area contributed by atoms with Crippen molar-refractivity contribution in [3.05, 3.63) is 65.7 Å². The molecule has 4 N–H and O–H groups in total. The molecule has 0 aliphatic rings. The molecule has 0 aliphatic carbocycles. The molecule has 0 bridgehead atoms. The maximum Gasteiger partial charge on any atom is 0.193 e. The van der Waals surface area contributed by atoms with Crippen LogP contribution in [-0.2, 0) is 11.3 Å². The summed E-state index contributed by atoms with van der Waals surface area (Å²) in [6, 6.07) is 18.5. The Morgan fingerprint density at radius 1 is 1.11 bits per heavy atom. The normalized spacial score (nSPS) is 13.0. The van der Waals surface area contributed by atoms with Crippen LogP contribution in [0.1, 0.15) is 37.9 Å². The Morgan fingerprint density at radius 2 is 1.74 bits per heavy atom. The first-order valence-electron chi connectivity index (χ1n) is 8.88. The molecule has 6 heteroatoms. The number of ether oxygens (including phenoxy) is 1. The van der Waals surface area contributed by atoms with Gasteiger partial charge in [-0.2, -0.15) is 0 Å². The zero-order valence-electron chi connectivity index (χ0n) is 16.5. The van der Waals surface area contributed by atoms with E-state index in [1.54, 1.807) is 7.11 Å². The van der Waals surface area contributed by atoms with E-state index in [1.807, 2.05) is 30.3 Å². The van der Waals surface area contributed by atoms with Crippen LogP contribution < -0.4 is 16.4 Å². The Labute approximate surface area is 179 Å². The SMILES string of the molecule is COCc1ccccc1NC(N)=NCC(C)(C)NC(C)c1ccccc1.I. The van der Waals surface area contributed by atoms with Gasteiger partial charge in [-0.1, -0.05) is 48.5 Å². The van der Waals surface area contributed by atoms with Crippen molar-refractivity contribution in [1.29, 1.82) is 0 Å². The van der Waals surface area contributed by atoms with Crippen molar-refractivity contribution in [3.8, 4) is 0 Å². The van der Waals surface area contributed by atoms with Gasteiger partial charge in [-0.15, -0.1) is 24.0 Å². The standard InChI is InChI=1S/C21H30N4O.HI/c1-16(17-10-6-5-7-11-17)25-21(2,3)15-23-20(22)24-19-13-9-8-12-18(19)14-26-4;/h5-13,16,25H,14-15H2,1-4H3,(H3,22,23,24);1H. The number of nitrogens with one attached hydrogen (secondary N) is 2. The highest BCUT2D eigenvalue weighted by atomic mass is 127. The van der Waals surface area contributed by atoms with Crippen molar-refractivity contribution in [2.24, 2.45) is 10.7 Å². The van der Waals surface area contributed by atoms with E-state index >= 15 is 0 Å². The van der Waals surface area contributed by atoms with Gasteiger partial charge in [0.2, 0.25) is 0 Å². The fourth-order valence-electron chi connectivity index (χ4n) is 2.84. The lowest BCUT2D eigenvalue weighted by molar-refractivity contribution is 0.185. The maximum atomic E-state index is 6.09. The Kier molecular flexibility index (Phi) is 9.76. The first-order valence-corrected chi connectivity index (χ1v) is 8.88. The summed E-state index contributed by atoms with van der Waals surface area (Å²) in [6.07, 6.45) is 0. The average molecular weight is 482 g/mol. The third-order valence-corrected chi connectivity index (χ3v) is 4.13. The minimum atomic E-state index is -0.187.